The van der Waals surface area contributed by atoms with Crippen molar-refractivity contribution in [1.29, 1.82) is 0 Å². The molecule has 1 atom stereocenters. The van der Waals surface area contributed by atoms with Crippen LogP contribution < -0.4 is 4.74 Å². The molecule has 0 spiro atoms. The molecule has 2 rings (SSSR count). The standard InChI is InChI=1S/C16H25BrN2O2/c1-4-21-15-9-12(8-14(17)16(15)20)10-19-7-5-6-13(11-19)18(2)3/h8-9,13,20H,4-7,10-11H2,1-3H3. The monoisotopic (exact) mass is 356 g/mol. The van der Waals surface area contributed by atoms with E-state index in [0.29, 0.717) is 22.9 Å². The van der Waals surface area contributed by atoms with Crippen molar-refractivity contribution in [3.05, 3.63) is 22.2 Å². The van der Waals surface area contributed by atoms with Crippen LogP contribution in [-0.4, -0.2) is 54.7 Å². The first-order valence-corrected chi connectivity index (χ1v) is 8.33. The Balaban J connectivity index is 2.08. The molecule has 1 fully saturated rings. The number of rotatable bonds is 5. The van der Waals surface area contributed by atoms with Crippen molar-refractivity contribution in [1.82, 2.24) is 9.80 Å². The Morgan fingerprint density at radius 2 is 2.19 bits per heavy atom. The number of likely N-dealkylation sites (N-methyl/N-ethyl adjacent to an activating group) is 1. The van der Waals surface area contributed by atoms with E-state index in [4.69, 9.17) is 4.74 Å². The molecular weight excluding hydrogens is 332 g/mol. The van der Waals surface area contributed by atoms with Crippen molar-refractivity contribution in [2.24, 2.45) is 0 Å². The third-order valence-electron chi connectivity index (χ3n) is 4.01. The first-order valence-electron chi connectivity index (χ1n) is 7.54. The molecular formula is C16H25BrN2O2. The van der Waals surface area contributed by atoms with Crippen molar-refractivity contribution in [3.8, 4) is 11.5 Å². The minimum Gasteiger partial charge on any atom is -0.503 e. The molecule has 0 radical (unpaired) electrons. The summed E-state index contributed by atoms with van der Waals surface area (Å²) in [4.78, 5) is 4.78. The highest BCUT2D eigenvalue weighted by Gasteiger charge is 2.22. The molecule has 0 bridgehead atoms. The normalized spacial score (nSPS) is 20.0. The fraction of sp³-hybridized carbons (Fsp3) is 0.625. The van der Waals surface area contributed by atoms with Gasteiger partial charge in [0.2, 0.25) is 0 Å². The molecule has 0 amide bonds. The number of hydrogen-bond donors (Lipinski definition) is 1. The molecule has 5 heteroatoms. The van der Waals surface area contributed by atoms with Gasteiger partial charge in [-0.05, 0) is 74.0 Å². The first-order chi connectivity index (χ1) is 10.0. The minimum absolute atomic E-state index is 0.186. The number of ether oxygens (including phenoxy) is 1. The van der Waals surface area contributed by atoms with Crippen LogP contribution in [-0.2, 0) is 6.54 Å². The van der Waals surface area contributed by atoms with Gasteiger partial charge in [0.05, 0.1) is 11.1 Å². The van der Waals surface area contributed by atoms with E-state index in [9.17, 15) is 5.11 Å². The quantitative estimate of drug-likeness (QED) is 0.879. The van der Waals surface area contributed by atoms with Crippen LogP contribution in [0.2, 0.25) is 0 Å². The SMILES string of the molecule is CCOc1cc(CN2CCCC(N(C)C)C2)cc(Br)c1O. The van der Waals surface area contributed by atoms with E-state index >= 15 is 0 Å². The van der Waals surface area contributed by atoms with E-state index in [-0.39, 0.29) is 5.75 Å². The number of benzene rings is 1. The molecule has 1 unspecified atom stereocenters. The van der Waals surface area contributed by atoms with E-state index in [1.54, 1.807) is 0 Å². The molecule has 1 saturated heterocycles. The Bertz CT molecular complexity index is 480. The third kappa shape index (κ3) is 4.34. The number of piperidine rings is 1. The van der Waals surface area contributed by atoms with Gasteiger partial charge in [-0.1, -0.05) is 0 Å². The molecule has 0 saturated carbocycles. The van der Waals surface area contributed by atoms with Crippen LogP contribution in [0.4, 0.5) is 0 Å². The summed E-state index contributed by atoms with van der Waals surface area (Å²) in [7, 11) is 4.30. The Morgan fingerprint density at radius 1 is 1.43 bits per heavy atom. The molecule has 0 aromatic heterocycles. The van der Waals surface area contributed by atoms with Crippen LogP contribution in [0.25, 0.3) is 0 Å². The molecule has 1 N–H and O–H groups in total. The summed E-state index contributed by atoms with van der Waals surface area (Å²) in [5, 5.41) is 9.98. The van der Waals surface area contributed by atoms with Crippen molar-refractivity contribution >= 4 is 15.9 Å². The lowest BCUT2D eigenvalue weighted by atomic mass is 10.0. The average Bonchev–Trinajstić information content (AvgIpc) is 2.45. The summed E-state index contributed by atoms with van der Waals surface area (Å²) in [6.45, 7) is 5.59. The second-order valence-electron chi connectivity index (χ2n) is 5.85. The van der Waals surface area contributed by atoms with Crippen molar-refractivity contribution < 1.29 is 9.84 Å². The molecule has 1 aromatic rings. The summed E-state index contributed by atoms with van der Waals surface area (Å²) >= 11 is 3.41. The Morgan fingerprint density at radius 3 is 2.86 bits per heavy atom. The van der Waals surface area contributed by atoms with Gasteiger partial charge in [0.15, 0.2) is 11.5 Å². The smallest absolute Gasteiger partial charge is 0.172 e. The van der Waals surface area contributed by atoms with Crippen molar-refractivity contribution in [2.75, 3.05) is 33.8 Å². The maximum Gasteiger partial charge on any atom is 0.172 e. The van der Waals surface area contributed by atoms with Gasteiger partial charge in [0.25, 0.3) is 0 Å². The molecule has 118 valence electrons. The minimum atomic E-state index is 0.186. The highest BCUT2D eigenvalue weighted by Crippen LogP contribution is 2.36. The van der Waals surface area contributed by atoms with Gasteiger partial charge < -0.3 is 14.7 Å². The van der Waals surface area contributed by atoms with Gasteiger partial charge in [-0.25, -0.2) is 0 Å². The number of aromatic hydroxyl groups is 1. The maximum absolute atomic E-state index is 9.98. The third-order valence-corrected chi connectivity index (χ3v) is 4.61. The van der Waals surface area contributed by atoms with Gasteiger partial charge in [0, 0.05) is 19.1 Å². The summed E-state index contributed by atoms with van der Waals surface area (Å²) in [5.74, 6) is 0.744. The fourth-order valence-electron chi connectivity index (χ4n) is 2.84. The van der Waals surface area contributed by atoms with Gasteiger partial charge in [-0.3, -0.25) is 4.90 Å². The van der Waals surface area contributed by atoms with E-state index < -0.39 is 0 Å². The summed E-state index contributed by atoms with van der Waals surface area (Å²) in [6, 6.07) is 4.56. The Kier molecular flexibility index (Phi) is 5.90. The van der Waals surface area contributed by atoms with Crippen LogP contribution in [0.3, 0.4) is 0 Å². The number of nitrogens with zero attached hydrogens (tertiary/aromatic N) is 2. The largest absolute Gasteiger partial charge is 0.503 e. The average molecular weight is 357 g/mol. The van der Waals surface area contributed by atoms with Crippen LogP contribution >= 0.6 is 15.9 Å². The van der Waals surface area contributed by atoms with E-state index in [1.807, 2.05) is 19.1 Å². The van der Waals surface area contributed by atoms with E-state index in [0.717, 1.165) is 19.6 Å². The topological polar surface area (TPSA) is 35.9 Å². The lowest BCUT2D eigenvalue weighted by Crippen LogP contribution is -2.44. The van der Waals surface area contributed by atoms with Crippen molar-refractivity contribution in [2.45, 2.75) is 32.4 Å². The van der Waals surface area contributed by atoms with Crippen LogP contribution in [0, 0.1) is 0 Å². The highest BCUT2D eigenvalue weighted by molar-refractivity contribution is 9.10. The number of halogens is 1. The summed E-state index contributed by atoms with van der Waals surface area (Å²) < 4.78 is 6.20. The summed E-state index contributed by atoms with van der Waals surface area (Å²) in [5.41, 5.74) is 1.17. The maximum atomic E-state index is 9.98. The van der Waals surface area contributed by atoms with E-state index in [2.05, 4.69) is 39.8 Å². The second kappa shape index (κ2) is 7.47. The second-order valence-corrected chi connectivity index (χ2v) is 6.71. The van der Waals surface area contributed by atoms with Gasteiger partial charge in [-0.2, -0.15) is 0 Å². The van der Waals surface area contributed by atoms with E-state index in [1.165, 1.54) is 18.4 Å². The van der Waals surface area contributed by atoms with Gasteiger partial charge >= 0.3 is 0 Å². The molecule has 1 aliphatic heterocycles. The lowest BCUT2D eigenvalue weighted by Gasteiger charge is -2.36. The van der Waals surface area contributed by atoms with Crippen LogP contribution in [0.5, 0.6) is 11.5 Å². The first kappa shape index (κ1) is 16.6. The number of phenols is 1. The van der Waals surface area contributed by atoms with Gasteiger partial charge in [-0.15, -0.1) is 0 Å². The van der Waals surface area contributed by atoms with Crippen LogP contribution in [0.1, 0.15) is 25.3 Å². The number of hydrogen-bond acceptors (Lipinski definition) is 4. The Hall–Kier alpha value is -0.780. The zero-order valence-electron chi connectivity index (χ0n) is 13.1. The van der Waals surface area contributed by atoms with Crippen molar-refractivity contribution in [3.63, 3.8) is 0 Å². The molecule has 1 heterocycles. The zero-order valence-corrected chi connectivity index (χ0v) is 14.7. The fourth-order valence-corrected chi connectivity index (χ4v) is 3.33. The van der Waals surface area contributed by atoms with Crippen LogP contribution in [0.15, 0.2) is 16.6 Å². The molecule has 0 aliphatic carbocycles. The predicted octanol–water partition coefficient (Wildman–Crippen LogP) is 3.08. The number of likely N-dealkylation sites (tertiary alicyclic amines) is 1. The number of phenolic OH excluding ortho intramolecular Hbond substituents is 1. The Labute approximate surface area is 135 Å². The van der Waals surface area contributed by atoms with Gasteiger partial charge in [0.1, 0.15) is 0 Å². The molecule has 1 aliphatic rings. The molecule has 1 aromatic carbocycles. The molecule has 4 nitrogen and oxygen atoms in total. The molecule has 21 heavy (non-hydrogen) atoms. The lowest BCUT2D eigenvalue weighted by molar-refractivity contribution is 0.128. The highest BCUT2D eigenvalue weighted by atomic mass is 79.9. The zero-order chi connectivity index (χ0) is 15.4. The predicted molar refractivity (Wildman–Crippen MR) is 89.0 cm³/mol. The summed E-state index contributed by atoms with van der Waals surface area (Å²) in [6.07, 6.45) is 2.51.